The van der Waals surface area contributed by atoms with Crippen LogP contribution in [0.4, 0.5) is 10.5 Å². The van der Waals surface area contributed by atoms with Gasteiger partial charge in [0.1, 0.15) is 0 Å². The van der Waals surface area contributed by atoms with E-state index in [1.165, 1.54) is 25.0 Å². The molecule has 2 amide bonds. The SMILES string of the molecule is Cc1ccc(C(=O)O)cc1NC(=O)NCC1CCCC1C. The van der Waals surface area contributed by atoms with Crippen molar-refractivity contribution >= 4 is 17.7 Å². The van der Waals surface area contributed by atoms with Gasteiger partial charge in [0.05, 0.1) is 5.56 Å². The predicted octanol–water partition coefficient (Wildman–Crippen LogP) is 3.25. The van der Waals surface area contributed by atoms with Gasteiger partial charge in [-0.15, -0.1) is 0 Å². The van der Waals surface area contributed by atoms with Crippen molar-refractivity contribution in [1.29, 1.82) is 0 Å². The fraction of sp³-hybridized carbons (Fsp3) is 0.500. The van der Waals surface area contributed by atoms with E-state index in [2.05, 4.69) is 17.6 Å². The molecule has 1 aliphatic rings. The molecule has 1 aromatic carbocycles. The number of nitrogens with one attached hydrogen (secondary N) is 2. The number of carboxylic acid groups (broad SMARTS) is 1. The second-order valence-electron chi connectivity index (χ2n) is 5.84. The Morgan fingerprint density at radius 1 is 1.33 bits per heavy atom. The van der Waals surface area contributed by atoms with E-state index >= 15 is 0 Å². The molecule has 21 heavy (non-hydrogen) atoms. The summed E-state index contributed by atoms with van der Waals surface area (Å²) < 4.78 is 0. The molecule has 2 rings (SSSR count). The summed E-state index contributed by atoms with van der Waals surface area (Å²) in [6, 6.07) is 4.42. The lowest BCUT2D eigenvalue weighted by atomic mass is 9.98. The largest absolute Gasteiger partial charge is 0.478 e. The molecule has 2 unspecified atom stereocenters. The van der Waals surface area contributed by atoms with Crippen LogP contribution in [0.3, 0.4) is 0 Å². The van der Waals surface area contributed by atoms with Gasteiger partial charge in [-0.3, -0.25) is 0 Å². The second kappa shape index (κ2) is 6.61. The Morgan fingerprint density at radius 3 is 2.71 bits per heavy atom. The van der Waals surface area contributed by atoms with Crippen LogP contribution in [0.15, 0.2) is 18.2 Å². The van der Waals surface area contributed by atoms with Crippen molar-refractivity contribution < 1.29 is 14.7 Å². The highest BCUT2D eigenvalue weighted by Crippen LogP contribution is 2.30. The topological polar surface area (TPSA) is 78.4 Å². The van der Waals surface area contributed by atoms with Gasteiger partial charge in [0.15, 0.2) is 0 Å². The Labute approximate surface area is 124 Å². The van der Waals surface area contributed by atoms with E-state index in [9.17, 15) is 9.59 Å². The van der Waals surface area contributed by atoms with E-state index in [-0.39, 0.29) is 11.6 Å². The maximum absolute atomic E-state index is 11.9. The summed E-state index contributed by atoms with van der Waals surface area (Å²) in [4.78, 5) is 22.9. The average Bonchev–Trinajstić information content (AvgIpc) is 2.84. The van der Waals surface area contributed by atoms with E-state index in [1.807, 2.05) is 6.92 Å². The minimum Gasteiger partial charge on any atom is -0.478 e. The first-order valence-corrected chi connectivity index (χ1v) is 7.36. The van der Waals surface area contributed by atoms with E-state index in [1.54, 1.807) is 6.07 Å². The number of aryl methyl sites for hydroxylation is 1. The van der Waals surface area contributed by atoms with Crippen LogP contribution in [0.1, 0.15) is 42.1 Å². The monoisotopic (exact) mass is 290 g/mol. The normalized spacial score (nSPS) is 21.0. The number of hydrogen-bond donors (Lipinski definition) is 3. The van der Waals surface area contributed by atoms with Crippen LogP contribution in [0.5, 0.6) is 0 Å². The zero-order valence-corrected chi connectivity index (χ0v) is 12.5. The summed E-state index contributed by atoms with van der Waals surface area (Å²) in [6.45, 7) is 4.72. The molecule has 1 saturated carbocycles. The molecule has 0 spiro atoms. The Kier molecular flexibility index (Phi) is 4.83. The summed E-state index contributed by atoms with van der Waals surface area (Å²) in [7, 11) is 0. The van der Waals surface area contributed by atoms with Crippen LogP contribution in [0.25, 0.3) is 0 Å². The van der Waals surface area contributed by atoms with Crippen molar-refractivity contribution in [2.24, 2.45) is 11.8 Å². The van der Waals surface area contributed by atoms with Gasteiger partial charge in [0.2, 0.25) is 0 Å². The minimum atomic E-state index is -1.00. The fourth-order valence-corrected chi connectivity index (χ4v) is 2.81. The van der Waals surface area contributed by atoms with Gasteiger partial charge >= 0.3 is 12.0 Å². The first kappa shape index (κ1) is 15.4. The molecule has 1 fully saturated rings. The van der Waals surface area contributed by atoms with Crippen molar-refractivity contribution in [3.05, 3.63) is 29.3 Å². The number of benzene rings is 1. The van der Waals surface area contributed by atoms with Gasteiger partial charge in [-0.1, -0.05) is 25.8 Å². The Bertz CT molecular complexity index is 542. The molecule has 0 aromatic heterocycles. The molecular weight excluding hydrogens is 268 g/mol. The molecule has 3 N–H and O–H groups in total. The number of carbonyl (C=O) groups excluding carboxylic acids is 1. The van der Waals surface area contributed by atoms with Crippen LogP contribution >= 0.6 is 0 Å². The standard InChI is InChI=1S/C16H22N2O3/c1-10-4-3-5-13(10)9-17-16(21)18-14-8-12(15(19)20)7-6-11(14)2/h6-8,10,13H,3-5,9H2,1-2H3,(H,19,20)(H2,17,18,21). The van der Waals surface area contributed by atoms with E-state index in [0.29, 0.717) is 24.1 Å². The van der Waals surface area contributed by atoms with E-state index in [0.717, 1.165) is 12.0 Å². The molecule has 1 aliphatic carbocycles. The third-order valence-corrected chi connectivity index (χ3v) is 4.30. The lowest BCUT2D eigenvalue weighted by Crippen LogP contribution is -2.34. The Hall–Kier alpha value is -2.04. The third kappa shape index (κ3) is 3.97. The lowest BCUT2D eigenvalue weighted by Gasteiger charge is -2.17. The molecule has 0 radical (unpaired) electrons. The van der Waals surface area contributed by atoms with Crippen LogP contribution in [-0.2, 0) is 0 Å². The van der Waals surface area contributed by atoms with Gasteiger partial charge in [-0.2, -0.15) is 0 Å². The van der Waals surface area contributed by atoms with Crippen molar-refractivity contribution in [3.63, 3.8) is 0 Å². The van der Waals surface area contributed by atoms with Gasteiger partial charge < -0.3 is 15.7 Å². The Balaban J connectivity index is 1.93. The highest BCUT2D eigenvalue weighted by atomic mass is 16.4. The first-order chi connectivity index (χ1) is 9.97. The zero-order valence-electron chi connectivity index (χ0n) is 12.5. The van der Waals surface area contributed by atoms with Crippen molar-refractivity contribution in [3.8, 4) is 0 Å². The molecule has 0 bridgehead atoms. The molecule has 2 atom stereocenters. The van der Waals surface area contributed by atoms with Gasteiger partial charge in [0, 0.05) is 12.2 Å². The number of aromatic carboxylic acids is 1. The molecule has 0 aliphatic heterocycles. The number of anilines is 1. The highest BCUT2D eigenvalue weighted by molar-refractivity contribution is 5.93. The number of carbonyl (C=O) groups is 2. The van der Waals surface area contributed by atoms with Crippen molar-refractivity contribution in [1.82, 2.24) is 5.32 Å². The number of hydrogen-bond acceptors (Lipinski definition) is 2. The average molecular weight is 290 g/mol. The summed E-state index contributed by atoms with van der Waals surface area (Å²) in [6.07, 6.45) is 3.62. The molecule has 114 valence electrons. The van der Waals surface area contributed by atoms with Crippen LogP contribution in [0, 0.1) is 18.8 Å². The number of rotatable bonds is 4. The summed E-state index contributed by atoms with van der Waals surface area (Å²) >= 11 is 0. The van der Waals surface area contributed by atoms with Crippen molar-refractivity contribution in [2.75, 3.05) is 11.9 Å². The maximum Gasteiger partial charge on any atom is 0.335 e. The van der Waals surface area contributed by atoms with E-state index in [4.69, 9.17) is 5.11 Å². The number of amides is 2. The zero-order chi connectivity index (χ0) is 15.4. The predicted molar refractivity (Wildman–Crippen MR) is 81.7 cm³/mol. The second-order valence-corrected chi connectivity index (χ2v) is 5.84. The van der Waals surface area contributed by atoms with Crippen LogP contribution < -0.4 is 10.6 Å². The van der Waals surface area contributed by atoms with E-state index < -0.39 is 5.97 Å². The molecule has 5 nitrogen and oxygen atoms in total. The quantitative estimate of drug-likeness (QED) is 0.796. The summed E-state index contributed by atoms with van der Waals surface area (Å²) in [5, 5.41) is 14.6. The Morgan fingerprint density at radius 2 is 2.10 bits per heavy atom. The molecule has 0 heterocycles. The molecule has 1 aromatic rings. The van der Waals surface area contributed by atoms with Gasteiger partial charge in [-0.05, 0) is 42.9 Å². The summed E-state index contributed by atoms with van der Waals surface area (Å²) in [5.74, 6) is 0.197. The first-order valence-electron chi connectivity index (χ1n) is 7.36. The van der Waals surface area contributed by atoms with Crippen LogP contribution in [0.2, 0.25) is 0 Å². The smallest absolute Gasteiger partial charge is 0.335 e. The number of carboxylic acids is 1. The molecule has 5 heteroatoms. The third-order valence-electron chi connectivity index (χ3n) is 4.30. The fourth-order valence-electron chi connectivity index (χ4n) is 2.81. The van der Waals surface area contributed by atoms with Crippen LogP contribution in [-0.4, -0.2) is 23.7 Å². The number of urea groups is 1. The van der Waals surface area contributed by atoms with Crippen molar-refractivity contribution in [2.45, 2.75) is 33.1 Å². The maximum atomic E-state index is 11.9. The highest BCUT2D eigenvalue weighted by Gasteiger charge is 2.23. The molecule has 0 saturated heterocycles. The summed E-state index contributed by atoms with van der Waals surface area (Å²) in [5.41, 5.74) is 1.54. The van der Waals surface area contributed by atoms with Gasteiger partial charge in [-0.25, -0.2) is 9.59 Å². The minimum absolute atomic E-state index is 0.167. The van der Waals surface area contributed by atoms with Gasteiger partial charge in [0.25, 0.3) is 0 Å². The lowest BCUT2D eigenvalue weighted by molar-refractivity contribution is 0.0697. The molecular formula is C16H22N2O3.